The van der Waals surface area contributed by atoms with Crippen LogP contribution >= 0.6 is 0 Å². The zero-order valence-corrected chi connectivity index (χ0v) is 15.0. The number of imidazole rings is 1. The van der Waals surface area contributed by atoms with Gasteiger partial charge in [0.1, 0.15) is 18.1 Å². The van der Waals surface area contributed by atoms with Gasteiger partial charge >= 0.3 is 0 Å². The van der Waals surface area contributed by atoms with Crippen molar-refractivity contribution in [2.45, 2.75) is 13.5 Å². The summed E-state index contributed by atoms with van der Waals surface area (Å²) in [5.74, 6) is 1.69. The normalized spacial score (nSPS) is 10.7. The first-order valence-electron chi connectivity index (χ1n) is 8.26. The molecule has 0 unspecified atom stereocenters. The van der Waals surface area contributed by atoms with E-state index in [1.807, 2.05) is 42.8 Å². The number of carbonyl (C=O) groups excluding carboxylic acids is 1. The predicted octanol–water partition coefficient (Wildman–Crippen LogP) is 3.48. The fraction of sp³-hybridized carbons (Fsp3) is 0.263. The largest absolute Gasteiger partial charge is 0.494 e. The van der Waals surface area contributed by atoms with Crippen molar-refractivity contribution in [1.29, 1.82) is 0 Å². The van der Waals surface area contributed by atoms with Gasteiger partial charge in [-0.15, -0.1) is 0 Å². The minimum absolute atomic E-state index is 0.211. The Hall–Kier alpha value is -3.06. The molecule has 7 heteroatoms. The molecule has 0 bridgehead atoms. The smallest absolute Gasteiger partial charge is 0.293 e. The van der Waals surface area contributed by atoms with Gasteiger partial charge in [0.05, 0.1) is 18.5 Å². The molecule has 26 heavy (non-hydrogen) atoms. The third-order valence-corrected chi connectivity index (χ3v) is 3.85. The molecule has 7 nitrogen and oxygen atoms in total. The van der Waals surface area contributed by atoms with Crippen molar-refractivity contribution in [2.24, 2.45) is 7.05 Å². The van der Waals surface area contributed by atoms with Gasteiger partial charge in [-0.25, -0.2) is 4.98 Å². The van der Waals surface area contributed by atoms with E-state index in [2.05, 4.69) is 10.3 Å². The summed E-state index contributed by atoms with van der Waals surface area (Å²) in [6, 6.07) is 11.0. The van der Waals surface area contributed by atoms with Crippen molar-refractivity contribution in [3.63, 3.8) is 0 Å². The predicted molar refractivity (Wildman–Crippen MR) is 97.2 cm³/mol. The number of benzene rings is 1. The third kappa shape index (κ3) is 3.78. The molecule has 1 N–H and O–H groups in total. The van der Waals surface area contributed by atoms with Crippen LogP contribution in [0.4, 0.5) is 5.95 Å². The average Bonchev–Trinajstić information content (AvgIpc) is 3.24. The Labute approximate surface area is 151 Å². The Balaban J connectivity index is 1.74. The number of nitrogens with zero attached hydrogens (tertiary/aromatic N) is 2. The molecule has 0 saturated heterocycles. The number of rotatable bonds is 7. The Morgan fingerprint density at radius 3 is 2.69 bits per heavy atom. The molecule has 0 radical (unpaired) electrons. The van der Waals surface area contributed by atoms with Gasteiger partial charge in [0.15, 0.2) is 5.76 Å². The van der Waals surface area contributed by atoms with Crippen LogP contribution in [0, 0.1) is 0 Å². The van der Waals surface area contributed by atoms with E-state index in [0.29, 0.717) is 24.9 Å². The second-order valence-corrected chi connectivity index (χ2v) is 5.64. The van der Waals surface area contributed by atoms with Crippen LogP contribution in [0.25, 0.3) is 11.3 Å². The fourth-order valence-electron chi connectivity index (χ4n) is 2.57. The fourth-order valence-corrected chi connectivity index (χ4v) is 2.57. The molecule has 0 fully saturated rings. The molecule has 1 aromatic carbocycles. The summed E-state index contributed by atoms with van der Waals surface area (Å²) in [4.78, 5) is 16.6. The summed E-state index contributed by atoms with van der Waals surface area (Å²) in [6.45, 7) is 2.89. The van der Waals surface area contributed by atoms with Gasteiger partial charge in [-0.2, -0.15) is 0 Å². The van der Waals surface area contributed by atoms with Gasteiger partial charge in [0.25, 0.3) is 5.91 Å². The summed E-state index contributed by atoms with van der Waals surface area (Å²) < 4.78 is 17.7. The highest BCUT2D eigenvalue weighted by molar-refractivity contribution is 6.01. The molecule has 0 aliphatic carbocycles. The van der Waals surface area contributed by atoms with E-state index in [0.717, 1.165) is 17.0 Å². The first-order chi connectivity index (χ1) is 12.6. The molecule has 2 aromatic heterocycles. The van der Waals surface area contributed by atoms with Gasteiger partial charge in [-0.3, -0.25) is 10.1 Å². The molecule has 0 saturated carbocycles. The SMILES string of the molecule is CCOc1ccc(-c2cnc(NC(=O)c3ccc(COC)o3)n2C)cc1. The number of ether oxygens (including phenoxy) is 2. The Morgan fingerprint density at radius 2 is 2.00 bits per heavy atom. The van der Waals surface area contributed by atoms with E-state index in [9.17, 15) is 4.79 Å². The molecule has 0 aliphatic rings. The summed E-state index contributed by atoms with van der Waals surface area (Å²) in [5, 5.41) is 2.76. The zero-order valence-electron chi connectivity index (χ0n) is 15.0. The minimum atomic E-state index is -0.362. The molecule has 0 aliphatic heterocycles. The van der Waals surface area contributed by atoms with E-state index in [-0.39, 0.29) is 11.7 Å². The van der Waals surface area contributed by atoms with Gasteiger partial charge in [0.2, 0.25) is 5.95 Å². The highest BCUT2D eigenvalue weighted by Crippen LogP contribution is 2.24. The van der Waals surface area contributed by atoms with Crippen LogP contribution in [-0.4, -0.2) is 29.2 Å². The van der Waals surface area contributed by atoms with Gasteiger partial charge < -0.3 is 18.5 Å². The third-order valence-electron chi connectivity index (χ3n) is 3.85. The number of furan rings is 1. The number of nitrogens with one attached hydrogen (secondary N) is 1. The Kier molecular flexibility index (Phi) is 5.38. The number of amides is 1. The van der Waals surface area contributed by atoms with E-state index in [1.54, 1.807) is 25.4 Å². The number of methoxy groups -OCH3 is 1. The summed E-state index contributed by atoms with van der Waals surface area (Å²) in [6.07, 6.45) is 1.71. The maximum Gasteiger partial charge on any atom is 0.293 e. The summed E-state index contributed by atoms with van der Waals surface area (Å²) >= 11 is 0. The first kappa shape index (κ1) is 17.8. The number of hydrogen-bond donors (Lipinski definition) is 1. The lowest BCUT2D eigenvalue weighted by molar-refractivity contribution is 0.0986. The monoisotopic (exact) mass is 355 g/mol. The summed E-state index contributed by atoms with van der Waals surface area (Å²) in [7, 11) is 3.41. The summed E-state index contributed by atoms with van der Waals surface area (Å²) in [5.41, 5.74) is 1.85. The van der Waals surface area contributed by atoms with Crippen molar-refractivity contribution >= 4 is 11.9 Å². The Morgan fingerprint density at radius 1 is 1.23 bits per heavy atom. The molecule has 2 heterocycles. The quantitative estimate of drug-likeness (QED) is 0.702. The highest BCUT2D eigenvalue weighted by atomic mass is 16.5. The van der Waals surface area contributed by atoms with Crippen LogP contribution in [-0.2, 0) is 18.4 Å². The van der Waals surface area contributed by atoms with Crippen LogP contribution in [0.1, 0.15) is 23.2 Å². The second kappa shape index (κ2) is 7.88. The molecule has 3 aromatic rings. The van der Waals surface area contributed by atoms with E-state index < -0.39 is 0 Å². The van der Waals surface area contributed by atoms with Crippen LogP contribution < -0.4 is 10.1 Å². The molecular formula is C19H21N3O4. The van der Waals surface area contributed by atoms with Crippen LogP contribution in [0.15, 0.2) is 47.0 Å². The van der Waals surface area contributed by atoms with Crippen LogP contribution in [0.2, 0.25) is 0 Å². The molecule has 3 rings (SSSR count). The lowest BCUT2D eigenvalue weighted by Gasteiger charge is -2.08. The van der Waals surface area contributed by atoms with Crippen molar-refractivity contribution in [3.8, 4) is 17.0 Å². The van der Waals surface area contributed by atoms with Crippen molar-refractivity contribution < 1.29 is 18.7 Å². The van der Waals surface area contributed by atoms with Gasteiger partial charge in [0, 0.05) is 19.7 Å². The number of anilines is 1. The Bertz CT molecular complexity index is 881. The minimum Gasteiger partial charge on any atom is -0.494 e. The van der Waals surface area contributed by atoms with Crippen molar-refractivity contribution in [3.05, 3.63) is 54.1 Å². The lowest BCUT2D eigenvalue weighted by Crippen LogP contribution is -2.14. The molecule has 0 atom stereocenters. The topological polar surface area (TPSA) is 78.5 Å². The van der Waals surface area contributed by atoms with Gasteiger partial charge in [-0.05, 0) is 43.3 Å². The second-order valence-electron chi connectivity index (χ2n) is 5.64. The van der Waals surface area contributed by atoms with Crippen molar-refractivity contribution in [1.82, 2.24) is 9.55 Å². The van der Waals surface area contributed by atoms with Crippen LogP contribution in [0.5, 0.6) is 5.75 Å². The average molecular weight is 355 g/mol. The highest BCUT2D eigenvalue weighted by Gasteiger charge is 2.15. The van der Waals surface area contributed by atoms with E-state index >= 15 is 0 Å². The molecular weight excluding hydrogens is 334 g/mol. The van der Waals surface area contributed by atoms with E-state index in [4.69, 9.17) is 13.9 Å². The number of carbonyl (C=O) groups is 1. The number of aromatic nitrogens is 2. The van der Waals surface area contributed by atoms with Crippen LogP contribution in [0.3, 0.4) is 0 Å². The van der Waals surface area contributed by atoms with Gasteiger partial charge in [-0.1, -0.05) is 0 Å². The lowest BCUT2D eigenvalue weighted by atomic mass is 10.1. The molecule has 0 spiro atoms. The maximum atomic E-state index is 12.3. The molecule has 136 valence electrons. The first-order valence-corrected chi connectivity index (χ1v) is 8.26. The number of hydrogen-bond acceptors (Lipinski definition) is 5. The molecule has 1 amide bonds. The standard InChI is InChI=1S/C19H21N3O4/c1-4-25-14-7-5-13(6-8-14)16-11-20-19(22(16)2)21-18(23)17-10-9-15(26-17)12-24-3/h5-11H,4,12H2,1-3H3,(H,20,21,23). The zero-order chi connectivity index (χ0) is 18.5. The maximum absolute atomic E-state index is 12.3. The van der Waals surface area contributed by atoms with Crippen molar-refractivity contribution in [2.75, 3.05) is 19.0 Å². The van der Waals surface area contributed by atoms with E-state index in [1.165, 1.54) is 0 Å².